The van der Waals surface area contributed by atoms with E-state index in [2.05, 4.69) is 32.6 Å². The van der Waals surface area contributed by atoms with Crippen LogP contribution in [0.4, 0.5) is 0 Å². The average Bonchev–Trinajstić information content (AvgIpc) is 2.15. The minimum Gasteiger partial charge on any atom is -0.317 e. The summed E-state index contributed by atoms with van der Waals surface area (Å²) in [6.07, 6.45) is 0. The molecule has 0 saturated heterocycles. The fourth-order valence-electron chi connectivity index (χ4n) is 0.377. The van der Waals surface area contributed by atoms with Crippen LogP contribution in [0.3, 0.4) is 0 Å². The summed E-state index contributed by atoms with van der Waals surface area (Å²) in [4.78, 5) is 15.7. The van der Waals surface area contributed by atoms with Crippen molar-refractivity contribution in [2.45, 2.75) is 6.92 Å². The highest BCUT2D eigenvalue weighted by Crippen LogP contribution is 1.77. The lowest BCUT2D eigenvalue weighted by atomic mass is 10.8. The number of carbonyl (C=O) groups is 1. The van der Waals surface area contributed by atoms with Crippen molar-refractivity contribution in [1.29, 1.82) is 0 Å². The summed E-state index contributed by atoms with van der Waals surface area (Å²) >= 11 is 4.58. The number of nitrogens with zero attached hydrogens (tertiary/aromatic N) is 3. The maximum atomic E-state index is 10.3. The number of carbonyl (C=O) groups excluding carboxylic acids is 1. The lowest BCUT2D eigenvalue weighted by Crippen LogP contribution is -2.17. The maximum absolute atomic E-state index is 10.3. The molecule has 6 nitrogen and oxygen atoms in total. The molecule has 7 heteroatoms. The Morgan fingerprint density at radius 3 is 3.00 bits per heavy atom. The van der Waals surface area contributed by atoms with Crippen molar-refractivity contribution in [2.24, 2.45) is 0 Å². The SMILES string of the molecule is CC(=O)On1[nH]nnc1=S. The predicted molar refractivity (Wildman–Crippen MR) is 32.5 cm³/mol. The van der Waals surface area contributed by atoms with Crippen LogP contribution in [-0.4, -0.2) is 26.3 Å². The Morgan fingerprint density at radius 1 is 1.90 bits per heavy atom. The van der Waals surface area contributed by atoms with Crippen molar-refractivity contribution in [2.75, 3.05) is 0 Å². The van der Waals surface area contributed by atoms with Crippen LogP contribution in [0.5, 0.6) is 0 Å². The number of tetrazole rings is 1. The van der Waals surface area contributed by atoms with E-state index in [1.165, 1.54) is 6.92 Å². The summed E-state index contributed by atoms with van der Waals surface area (Å²) in [7, 11) is 0. The fourth-order valence-corrected chi connectivity index (χ4v) is 0.496. The standard InChI is InChI=1S/C3H4N4O2S/c1-2(8)9-7-3(10)4-5-6-7/h1H3,(H,4,6,10). The first-order valence-corrected chi connectivity index (χ1v) is 2.80. The molecule has 1 rings (SSSR count). The van der Waals surface area contributed by atoms with Gasteiger partial charge in [0.2, 0.25) is 0 Å². The summed E-state index contributed by atoms with van der Waals surface area (Å²) < 4.78 is 0.0789. The first-order valence-electron chi connectivity index (χ1n) is 2.39. The van der Waals surface area contributed by atoms with E-state index in [9.17, 15) is 4.79 Å². The van der Waals surface area contributed by atoms with Crippen molar-refractivity contribution in [1.82, 2.24) is 20.4 Å². The largest absolute Gasteiger partial charge is 0.332 e. The van der Waals surface area contributed by atoms with Crippen LogP contribution in [0, 0.1) is 4.77 Å². The molecule has 54 valence electrons. The summed E-state index contributed by atoms with van der Waals surface area (Å²) in [5, 5.41) is 8.89. The molecule has 0 spiro atoms. The Labute approximate surface area is 60.7 Å². The second-order valence-corrected chi connectivity index (χ2v) is 1.82. The molecule has 1 aromatic heterocycles. The highest BCUT2D eigenvalue weighted by Gasteiger charge is 1.97. The number of H-pyrrole nitrogens is 1. The Bertz CT molecular complexity index is 289. The molecule has 0 aliphatic heterocycles. The lowest BCUT2D eigenvalue weighted by molar-refractivity contribution is -0.143. The van der Waals surface area contributed by atoms with Crippen LogP contribution in [0.1, 0.15) is 6.92 Å². The average molecular weight is 160 g/mol. The van der Waals surface area contributed by atoms with Crippen LogP contribution in [0.25, 0.3) is 0 Å². The van der Waals surface area contributed by atoms with Crippen LogP contribution in [0.2, 0.25) is 0 Å². The molecule has 0 aliphatic carbocycles. The van der Waals surface area contributed by atoms with Gasteiger partial charge in [-0.3, -0.25) is 0 Å². The van der Waals surface area contributed by atoms with Gasteiger partial charge in [-0.25, -0.2) is 4.79 Å². The minimum atomic E-state index is -0.484. The molecule has 0 aliphatic rings. The van der Waals surface area contributed by atoms with Gasteiger partial charge in [0, 0.05) is 6.92 Å². The number of aromatic nitrogens is 4. The number of rotatable bonds is 1. The number of aromatic amines is 1. The molecule has 0 fully saturated rings. The van der Waals surface area contributed by atoms with Gasteiger partial charge in [-0.2, -0.15) is 5.21 Å². The summed E-state index contributed by atoms with van der Waals surface area (Å²) in [6, 6.07) is 0. The van der Waals surface area contributed by atoms with Crippen molar-refractivity contribution in [3.05, 3.63) is 4.77 Å². The highest BCUT2D eigenvalue weighted by atomic mass is 32.1. The van der Waals surface area contributed by atoms with E-state index in [4.69, 9.17) is 0 Å². The van der Waals surface area contributed by atoms with Crippen molar-refractivity contribution in [3.8, 4) is 0 Å². The van der Waals surface area contributed by atoms with Gasteiger partial charge in [0.15, 0.2) is 0 Å². The number of nitrogens with one attached hydrogen (secondary N) is 1. The van der Waals surface area contributed by atoms with Crippen molar-refractivity contribution in [3.63, 3.8) is 0 Å². The van der Waals surface area contributed by atoms with Crippen molar-refractivity contribution < 1.29 is 9.63 Å². The molecule has 0 aromatic carbocycles. The quantitative estimate of drug-likeness (QED) is 0.435. The number of hydrogen-bond donors (Lipinski definition) is 1. The van der Waals surface area contributed by atoms with Crippen LogP contribution in [-0.2, 0) is 4.79 Å². The Hall–Kier alpha value is -1.24. The van der Waals surface area contributed by atoms with Gasteiger partial charge in [0.1, 0.15) is 0 Å². The van der Waals surface area contributed by atoms with Gasteiger partial charge >= 0.3 is 5.97 Å². The van der Waals surface area contributed by atoms with Gasteiger partial charge in [-0.15, -0.1) is 0 Å². The fraction of sp³-hybridized carbons (Fsp3) is 0.333. The van der Waals surface area contributed by atoms with E-state index in [1.807, 2.05) is 0 Å². The Kier molecular flexibility index (Phi) is 1.76. The normalized spacial score (nSPS) is 9.30. The molecular weight excluding hydrogens is 156 g/mol. The van der Waals surface area contributed by atoms with E-state index >= 15 is 0 Å². The molecule has 10 heavy (non-hydrogen) atoms. The van der Waals surface area contributed by atoms with E-state index in [0.29, 0.717) is 0 Å². The van der Waals surface area contributed by atoms with Crippen molar-refractivity contribution >= 4 is 18.2 Å². The number of hydrogen-bond acceptors (Lipinski definition) is 5. The predicted octanol–water partition coefficient (Wildman–Crippen LogP) is -0.689. The molecule has 0 amide bonds. The zero-order valence-electron chi connectivity index (χ0n) is 5.07. The van der Waals surface area contributed by atoms with Gasteiger partial charge in [-0.1, -0.05) is 9.94 Å². The molecule has 0 bridgehead atoms. The Balaban J connectivity index is 2.85. The van der Waals surface area contributed by atoms with Gasteiger partial charge in [0.05, 0.1) is 0 Å². The maximum Gasteiger partial charge on any atom is 0.332 e. The molecule has 0 radical (unpaired) electrons. The smallest absolute Gasteiger partial charge is 0.317 e. The summed E-state index contributed by atoms with van der Waals surface area (Å²) in [5.41, 5.74) is 0. The molecule has 0 unspecified atom stereocenters. The zero-order valence-corrected chi connectivity index (χ0v) is 5.88. The third-order valence-electron chi connectivity index (χ3n) is 0.665. The van der Waals surface area contributed by atoms with Gasteiger partial charge < -0.3 is 4.84 Å². The lowest BCUT2D eigenvalue weighted by Gasteiger charge is -1.94. The van der Waals surface area contributed by atoms with Crippen LogP contribution < -0.4 is 4.84 Å². The van der Waals surface area contributed by atoms with Gasteiger partial charge in [-0.05, 0) is 17.4 Å². The first-order chi connectivity index (χ1) is 4.70. The second-order valence-electron chi connectivity index (χ2n) is 1.46. The van der Waals surface area contributed by atoms with E-state index in [0.717, 1.165) is 4.85 Å². The van der Waals surface area contributed by atoms with Crippen LogP contribution >= 0.6 is 12.2 Å². The second kappa shape index (κ2) is 2.56. The molecule has 1 heterocycles. The summed E-state index contributed by atoms with van der Waals surface area (Å²) in [6.45, 7) is 1.25. The summed E-state index contributed by atoms with van der Waals surface area (Å²) in [5.74, 6) is -0.484. The highest BCUT2D eigenvalue weighted by molar-refractivity contribution is 7.71. The third kappa shape index (κ3) is 1.38. The minimum absolute atomic E-state index is 0.0789. The third-order valence-corrected chi connectivity index (χ3v) is 0.912. The molecule has 1 N–H and O–H groups in total. The van der Waals surface area contributed by atoms with Gasteiger partial charge in [0.25, 0.3) is 4.77 Å². The monoisotopic (exact) mass is 160 g/mol. The molecule has 0 saturated carbocycles. The van der Waals surface area contributed by atoms with E-state index < -0.39 is 5.97 Å². The van der Waals surface area contributed by atoms with E-state index in [1.54, 1.807) is 0 Å². The topological polar surface area (TPSA) is 72.8 Å². The zero-order chi connectivity index (χ0) is 7.56. The first kappa shape index (κ1) is 6.87. The molecule has 0 atom stereocenters. The molecular formula is C3H4N4O2S. The van der Waals surface area contributed by atoms with Crippen LogP contribution in [0.15, 0.2) is 0 Å². The molecule has 1 aromatic rings. The van der Waals surface area contributed by atoms with E-state index in [-0.39, 0.29) is 4.77 Å². The Morgan fingerprint density at radius 2 is 2.60 bits per heavy atom.